The van der Waals surface area contributed by atoms with Gasteiger partial charge in [-0.1, -0.05) is 15.9 Å². The van der Waals surface area contributed by atoms with E-state index >= 15 is 0 Å². The zero-order valence-corrected chi connectivity index (χ0v) is 11.8. The Hall–Kier alpha value is -2.34. The van der Waals surface area contributed by atoms with Gasteiger partial charge in [-0.3, -0.25) is 4.79 Å². The fourth-order valence-electron chi connectivity index (χ4n) is 1.68. The third kappa shape index (κ3) is 2.50. The minimum atomic E-state index is -0.219. The number of rotatable bonds is 3. The second kappa shape index (κ2) is 5.34. The molecule has 2 heterocycles. The number of aliphatic imine (C=N–C) groups is 1. The number of benzene rings is 1. The predicted octanol–water partition coefficient (Wildman–Crippen LogP) is 3.05. The van der Waals surface area contributed by atoms with Crippen molar-refractivity contribution in [2.45, 2.75) is 0 Å². The highest BCUT2D eigenvalue weighted by molar-refractivity contribution is 9.10. The van der Waals surface area contributed by atoms with E-state index < -0.39 is 0 Å². The van der Waals surface area contributed by atoms with Crippen LogP contribution in [0.4, 0.5) is 0 Å². The van der Waals surface area contributed by atoms with Crippen molar-refractivity contribution in [1.82, 2.24) is 5.48 Å². The van der Waals surface area contributed by atoms with Gasteiger partial charge in [0.15, 0.2) is 11.5 Å². The fourth-order valence-corrected chi connectivity index (χ4v) is 1.95. The van der Waals surface area contributed by atoms with E-state index in [9.17, 15) is 4.79 Å². The maximum Gasteiger partial charge on any atom is 0.214 e. The van der Waals surface area contributed by atoms with Gasteiger partial charge in [-0.25, -0.2) is 10.5 Å². The van der Waals surface area contributed by atoms with Gasteiger partial charge in [0.05, 0.1) is 6.26 Å². The summed E-state index contributed by atoms with van der Waals surface area (Å²) in [5, 5.41) is 0. The summed E-state index contributed by atoms with van der Waals surface area (Å²) in [6.45, 7) is 0. The Kier molecular flexibility index (Phi) is 3.39. The lowest BCUT2D eigenvalue weighted by atomic mass is 10.1. The molecule has 2 aromatic rings. The van der Waals surface area contributed by atoms with Crippen molar-refractivity contribution >= 4 is 27.5 Å². The second-order valence-corrected chi connectivity index (χ2v) is 4.91. The van der Waals surface area contributed by atoms with Crippen molar-refractivity contribution in [1.29, 1.82) is 0 Å². The van der Waals surface area contributed by atoms with E-state index in [4.69, 9.17) is 9.25 Å². The number of halogens is 1. The largest absolute Gasteiger partial charge is 0.461 e. The summed E-state index contributed by atoms with van der Waals surface area (Å²) in [4.78, 5) is 21.6. The molecule has 1 aliphatic rings. The molecule has 0 unspecified atom stereocenters. The first-order chi connectivity index (χ1) is 9.74. The van der Waals surface area contributed by atoms with Gasteiger partial charge in [-0.05, 0) is 36.4 Å². The summed E-state index contributed by atoms with van der Waals surface area (Å²) in [5.74, 6) is 0.639. The molecule has 0 aliphatic carbocycles. The van der Waals surface area contributed by atoms with Crippen LogP contribution in [-0.4, -0.2) is 11.6 Å². The summed E-state index contributed by atoms with van der Waals surface area (Å²) >= 11 is 3.33. The molecule has 0 fully saturated rings. The van der Waals surface area contributed by atoms with Gasteiger partial charge in [0.2, 0.25) is 11.6 Å². The minimum absolute atomic E-state index is 0.206. The van der Waals surface area contributed by atoms with E-state index in [0.29, 0.717) is 17.2 Å². The third-order valence-corrected chi connectivity index (χ3v) is 3.18. The number of hydrogen-bond donors (Lipinski definition) is 1. The third-order valence-electron chi connectivity index (χ3n) is 2.65. The van der Waals surface area contributed by atoms with Crippen LogP contribution in [0.2, 0.25) is 0 Å². The van der Waals surface area contributed by atoms with Gasteiger partial charge in [-0.15, -0.1) is 0 Å². The lowest BCUT2D eigenvalue weighted by molar-refractivity contribution is 0.101. The molecule has 0 bridgehead atoms. The number of amidine groups is 1. The standard InChI is InChI=1S/C14H9BrN2O3/c15-10-5-3-9(4-6-10)13(18)11-8-20-17-14(16-11)12-2-1-7-19-12/h1-8H,(H,16,17). The molecule has 0 amide bonds. The molecule has 1 aromatic carbocycles. The minimum Gasteiger partial charge on any atom is -0.461 e. The molecule has 0 atom stereocenters. The first-order valence-corrected chi connectivity index (χ1v) is 6.58. The van der Waals surface area contributed by atoms with Crippen LogP contribution in [0.5, 0.6) is 0 Å². The van der Waals surface area contributed by atoms with E-state index in [2.05, 4.69) is 26.4 Å². The topological polar surface area (TPSA) is 63.8 Å². The van der Waals surface area contributed by atoms with E-state index in [1.54, 1.807) is 36.4 Å². The summed E-state index contributed by atoms with van der Waals surface area (Å²) in [5.41, 5.74) is 3.33. The molecule has 0 saturated carbocycles. The number of carbonyl (C=O) groups is 1. The van der Waals surface area contributed by atoms with Crippen molar-refractivity contribution in [2.75, 3.05) is 0 Å². The second-order valence-electron chi connectivity index (χ2n) is 4.00. The number of allylic oxidation sites excluding steroid dienone is 1. The number of carbonyl (C=O) groups excluding carboxylic acids is 1. The molecule has 5 nitrogen and oxygen atoms in total. The molecule has 0 saturated heterocycles. The Morgan fingerprint density at radius 3 is 2.70 bits per heavy atom. The van der Waals surface area contributed by atoms with Crippen LogP contribution >= 0.6 is 15.9 Å². The lowest BCUT2D eigenvalue weighted by Crippen LogP contribution is -2.27. The zero-order valence-electron chi connectivity index (χ0n) is 10.2. The first-order valence-electron chi connectivity index (χ1n) is 5.79. The highest BCUT2D eigenvalue weighted by Crippen LogP contribution is 2.17. The predicted molar refractivity (Wildman–Crippen MR) is 76.0 cm³/mol. The number of furan rings is 1. The first kappa shape index (κ1) is 12.7. The highest BCUT2D eigenvalue weighted by Gasteiger charge is 2.19. The Morgan fingerprint density at radius 2 is 2.00 bits per heavy atom. The normalized spacial score (nSPS) is 13.8. The SMILES string of the molecule is O=C(C1=CONC(c2ccco2)=N1)c1ccc(Br)cc1. The van der Waals surface area contributed by atoms with Gasteiger partial charge >= 0.3 is 0 Å². The molecule has 0 radical (unpaired) electrons. The van der Waals surface area contributed by atoms with Crippen molar-refractivity contribution in [3.05, 3.63) is 70.4 Å². The van der Waals surface area contributed by atoms with Gasteiger partial charge in [-0.2, -0.15) is 0 Å². The van der Waals surface area contributed by atoms with Crippen molar-refractivity contribution in [3.8, 4) is 0 Å². The van der Waals surface area contributed by atoms with Crippen LogP contribution in [0.25, 0.3) is 0 Å². The van der Waals surface area contributed by atoms with Gasteiger partial charge in [0.1, 0.15) is 6.26 Å². The highest BCUT2D eigenvalue weighted by atomic mass is 79.9. The maximum atomic E-state index is 12.3. The fraction of sp³-hybridized carbons (Fsp3) is 0. The molecule has 1 aromatic heterocycles. The van der Waals surface area contributed by atoms with Crippen molar-refractivity contribution in [3.63, 3.8) is 0 Å². The molecule has 0 spiro atoms. The molecular weight excluding hydrogens is 324 g/mol. The average molecular weight is 333 g/mol. The monoisotopic (exact) mass is 332 g/mol. The Morgan fingerprint density at radius 1 is 1.20 bits per heavy atom. The average Bonchev–Trinajstić information content (AvgIpc) is 3.02. The van der Waals surface area contributed by atoms with Gasteiger partial charge in [0, 0.05) is 10.0 Å². The van der Waals surface area contributed by atoms with E-state index in [1.807, 2.05) is 0 Å². The van der Waals surface area contributed by atoms with Crippen LogP contribution < -0.4 is 5.48 Å². The lowest BCUT2D eigenvalue weighted by Gasteiger charge is -2.12. The van der Waals surface area contributed by atoms with Gasteiger partial charge < -0.3 is 9.25 Å². The summed E-state index contributed by atoms with van der Waals surface area (Å²) < 4.78 is 6.11. The Balaban J connectivity index is 1.88. The number of nitrogens with zero attached hydrogens (tertiary/aromatic N) is 1. The molecule has 100 valence electrons. The number of nitrogens with one attached hydrogen (secondary N) is 1. The van der Waals surface area contributed by atoms with E-state index in [-0.39, 0.29) is 11.5 Å². The van der Waals surface area contributed by atoms with E-state index in [0.717, 1.165) is 4.47 Å². The van der Waals surface area contributed by atoms with Gasteiger partial charge in [0.25, 0.3) is 0 Å². The summed E-state index contributed by atoms with van der Waals surface area (Å²) in [6, 6.07) is 10.5. The van der Waals surface area contributed by atoms with E-state index in [1.165, 1.54) is 12.5 Å². The smallest absolute Gasteiger partial charge is 0.214 e. The molecular formula is C14H9BrN2O3. The molecule has 1 aliphatic heterocycles. The number of hydrogen-bond acceptors (Lipinski definition) is 5. The summed E-state index contributed by atoms with van der Waals surface area (Å²) in [6.07, 6.45) is 2.80. The molecule has 1 N–H and O–H groups in total. The van der Waals surface area contributed by atoms with Crippen LogP contribution in [0.1, 0.15) is 16.1 Å². The van der Waals surface area contributed by atoms with Crippen LogP contribution in [0.15, 0.2) is 68.5 Å². The summed E-state index contributed by atoms with van der Waals surface area (Å²) in [7, 11) is 0. The van der Waals surface area contributed by atoms with Crippen LogP contribution in [-0.2, 0) is 4.84 Å². The van der Waals surface area contributed by atoms with Crippen LogP contribution in [0.3, 0.4) is 0 Å². The Bertz CT molecular complexity index is 688. The molecule has 6 heteroatoms. The maximum absolute atomic E-state index is 12.3. The van der Waals surface area contributed by atoms with Crippen molar-refractivity contribution < 1.29 is 14.0 Å². The molecule has 3 rings (SSSR count). The number of Topliss-reactive ketones (excluding diaryl/α,β-unsaturated/α-hetero) is 1. The number of ketones is 1. The zero-order chi connectivity index (χ0) is 13.9. The quantitative estimate of drug-likeness (QED) is 0.877. The molecule has 20 heavy (non-hydrogen) atoms. The number of hydroxylamine groups is 1. The Labute approximate surface area is 123 Å². The van der Waals surface area contributed by atoms with Crippen molar-refractivity contribution in [2.24, 2.45) is 4.99 Å². The van der Waals surface area contributed by atoms with Crippen LogP contribution in [0, 0.1) is 0 Å².